The molecule has 1 heterocycles. The van der Waals surface area contributed by atoms with Gasteiger partial charge in [0.1, 0.15) is 5.75 Å². The molecule has 0 bridgehead atoms. The number of hydrogen-bond acceptors (Lipinski definition) is 3. The van der Waals surface area contributed by atoms with Crippen LogP contribution < -0.4 is 5.32 Å². The van der Waals surface area contributed by atoms with Crippen LogP contribution in [0, 0.1) is 5.92 Å². The zero-order valence-electron chi connectivity index (χ0n) is 12.8. The first-order chi connectivity index (χ1) is 9.74. The molecule has 2 rings (SSSR count). The average molecular weight is 276 g/mol. The zero-order chi connectivity index (χ0) is 14.4. The number of hydrogen-bond donors (Lipinski definition) is 2. The van der Waals surface area contributed by atoms with Crippen molar-refractivity contribution in [1.82, 2.24) is 10.2 Å². The highest BCUT2D eigenvalue weighted by Crippen LogP contribution is 2.26. The Balaban J connectivity index is 1.84. The Kier molecular flexibility index (Phi) is 5.86. The summed E-state index contributed by atoms with van der Waals surface area (Å²) in [5, 5.41) is 13.6. The van der Waals surface area contributed by atoms with E-state index in [1.165, 1.54) is 32.5 Å². The van der Waals surface area contributed by atoms with Gasteiger partial charge in [0, 0.05) is 11.6 Å². The highest BCUT2D eigenvalue weighted by molar-refractivity contribution is 5.34. The number of para-hydroxylation sites is 1. The first kappa shape index (κ1) is 15.3. The van der Waals surface area contributed by atoms with Gasteiger partial charge in [-0.1, -0.05) is 32.0 Å². The molecular formula is C17H28N2O. The predicted octanol–water partition coefficient (Wildman–Crippen LogP) is 3.16. The normalized spacial score (nSPS) is 19.1. The van der Waals surface area contributed by atoms with E-state index >= 15 is 0 Å². The number of benzene rings is 1. The lowest BCUT2D eigenvalue weighted by Gasteiger charge is -2.32. The van der Waals surface area contributed by atoms with E-state index in [1.807, 2.05) is 18.2 Å². The molecule has 0 spiro atoms. The van der Waals surface area contributed by atoms with Crippen molar-refractivity contribution in [3.05, 3.63) is 29.8 Å². The lowest BCUT2D eigenvalue weighted by Crippen LogP contribution is -2.37. The fourth-order valence-corrected chi connectivity index (χ4v) is 3.07. The summed E-state index contributed by atoms with van der Waals surface area (Å²) in [6, 6.07) is 7.95. The molecular weight excluding hydrogens is 248 g/mol. The van der Waals surface area contributed by atoms with Gasteiger partial charge in [-0.15, -0.1) is 0 Å². The zero-order valence-corrected chi connectivity index (χ0v) is 12.8. The lowest BCUT2D eigenvalue weighted by molar-refractivity contribution is 0.187. The molecule has 0 aromatic heterocycles. The Morgan fingerprint density at radius 1 is 1.25 bits per heavy atom. The Labute approximate surface area is 123 Å². The van der Waals surface area contributed by atoms with Crippen molar-refractivity contribution in [3.8, 4) is 5.75 Å². The van der Waals surface area contributed by atoms with Crippen LogP contribution in [0.25, 0.3) is 0 Å². The average Bonchev–Trinajstić information content (AvgIpc) is 2.50. The summed E-state index contributed by atoms with van der Waals surface area (Å²) in [6.07, 6.45) is 3.58. The van der Waals surface area contributed by atoms with Gasteiger partial charge in [0.2, 0.25) is 0 Å². The van der Waals surface area contributed by atoms with E-state index in [2.05, 4.69) is 24.1 Å². The van der Waals surface area contributed by atoms with Gasteiger partial charge >= 0.3 is 0 Å². The second-order valence-corrected chi connectivity index (χ2v) is 5.81. The van der Waals surface area contributed by atoms with Crippen molar-refractivity contribution in [2.75, 3.05) is 26.2 Å². The minimum atomic E-state index is 0.264. The smallest absolute Gasteiger partial charge is 0.120 e. The van der Waals surface area contributed by atoms with Gasteiger partial charge in [-0.05, 0) is 57.4 Å². The summed E-state index contributed by atoms with van der Waals surface area (Å²) in [6.45, 7) is 9.11. The minimum Gasteiger partial charge on any atom is -0.508 e. The van der Waals surface area contributed by atoms with E-state index in [9.17, 15) is 5.11 Å². The second kappa shape index (κ2) is 7.65. The fourth-order valence-electron chi connectivity index (χ4n) is 3.07. The molecule has 1 aromatic carbocycles. The summed E-state index contributed by atoms with van der Waals surface area (Å²) < 4.78 is 0. The van der Waals surface area contributed by atoms with Crippen molar-refractivity contribution >= 4 is 0 Å². The maximum atomic E-state index is 9.97. The minimum absolute atomic E-state index is 0.264. The van der Waals surface area contributed by atoms with Crippen LogP contribution in [0.5, 0.6) is 5.75 Å². The van der Waals surface area contributed by atoms with Crippen LogP contribution in [0.15, 0.2) is 24.3 Å². The first-order valence-corrected chi connectivity index (χ1v) is 7.98. The van der Waals surface area contributed by atoms with E-state index in [4.69, 9.17) is 0 Å². The standard InChI is InChI=1S/C17H28N2O/c1-3-16(15-7-5-6-8-17(15)20)18-13-14-9-11-19(4-2)12-10-14/h5-8,14,16,18,20H,3-4,9-13H2,1-2H3. The largest absolute Gasteiger partial charge is 0.508 e. The van der Waals surface area contributed by atoms with Gasteiger partial charge in [0.05, 0.1) is 0 Å². The Hall–Kier alpha value is -1.06. The van der Waals surface area contributed by atoms with E-state index in [0.29, 0.717) is 5.75 Å². The van der Waals surface area contributed by atoms with E-state index in [0.717, 1.165) is 24.4 Å². The van der Waals surface area contributed by atoms with Crippen molar-refractivity contribution in [2.45, 2.75) is 39.2 Å². The van der Waals surface area contributed by atoms with Crippen LogP contribution in [0.2, 0.25) is 0 Å². The van der Waals surface area contributed by atoms with Crippen LogP contribution in [0.3, 0.4) is 0 Å². The molecule has 1 aromatic rings. The summed E-state index contributed by atoms with van der Waals surface area (Å²) in [7, 11) is 0. The number of nitrogens with zero attached hydrogens (tertiary/aromatic N) is 1. The van der Waals surface area contributed by atoms with Gasteiger partial charge in [-0.25, -0.2) is 0 Å². The topological polar surface area (TPSA) is 35.5 Å². The van der Waals surface area contributed by atoms with Gasteiger partial charge < -0.3 is 15.3 Å². The Bertz CT molecular complexity index is 400. The highest BCUT2D eigenvalue weighted by Gasteiger charge is 2.20. The van der Waals surface area contributed by atoms with Crippen LogP contribution in [0.1, 0.15) is 44.7 Å². The van der Waals surface area contributed by atoms with Crippen LogP contribution in [-0.4, -0.2) is 36.2 Å². The first-order valence-electron chi connectivity index (χ1n) is 7.98. The van der Waals surface area contributed by atoms with Crippen LogP contribution >= 0.6 is 0 Å². The molecule has 1 fully saturated rings. The number of nitrogens with one attached hydrogen (secondary N) is 1. The lowest BCUT2D eigenvalue weighted by atomic mass is 9.95. The molecule has 1 aliphatic rings. The maximum absolute atomic E-state index is 9.97. The quantitative estimate of drug-likeness (QED) is 0.838. The molecule has 1 unspecified atom stereocenters. The number of aromatic hydroxyl groups is 1. The Morgan fingerprint density at radius 3 is 2.55 bits per heavy atom. The summed E-state index contributed by atoms with van der Waals surface area (Å²) in [5.74, 6) is 1.19. The van der Waals surface area contributed by atoms with Gasteiger partial charge in [0.25, 0.3) is 0 Å². The van der Waals surface area contributed by atoms with Gasteiger partial charge in [-0.3, -0.25) is 0 Å². The number of phenolic OH excluding ortho intramolecular Hbond substituents is 1. The Morgan fingerprint density at radius 2 is 1.95 bits per heavy atom. The van der Waals surface area contributed by atoms with Crippen LogP contribution in [0.4, 0.5) is 0 Å². The van der Waals surface area contributed by atoms with E-state index in [-0.39, 0.29) is 6.04 Å². The molecule has 1 atom stereocenters. The van der Waals surface area contributed by atoms with E-state index < -0.39 is 0 Å². The van der Waals surface area contributed by atoms with Crippen molar-refractivity contribution in [2.24, 2.45) is 5.92 Å². The molecule has 1 saturated heterocycles. The van der Waals surface area contributed by atoms with Crippen molar-refractivity contribution < 1.29 is 5.11 Å². The van der Waals surface area contributed by atoms with Crippen molar-refractivity contribution in [3.63, 3.8) is 0 Å². The number of piperidine rings is 1. The SMILES string of the molecule is CCC(NCC1CCN(CC)CC1)c1ccccc1O. The van der Waals surface area contributed by atoms with Crippen LogP contribution in [-0.2, 0) is 0 Å². The molecule has 0 aliphatic carbocycles. The van der Waals surface area contributed by atoms with Gasteiger partial charge in [-0.2, -0.15) is 0 Å². The number of phenols is 1. The number of likely N-dealkylation sites (tertiary alicyclic amines) is 1. The summed E-state index contributed by atoms with van der Waals surface area (Å²) >= 11 is 0. The molecule has 3 heteroatoms. The predicted molar refractivity (Wildman–Crippen MR) is 84.0 cm³/mol. The number of rotatable bonds is 6. The molecule has 2 N–H and O–H groups in total. The molecule has 0 saturated carbocycles. The molecule has 112 valence electrons. The third-order valence-electron chi connectivity index (χ3n) is 4.53. The molecule has 0 radical (unpaired) electrons. The summed E-state index contributed by atoms with van der Waals surface area (Å²) in [5.41, 5.74) is 1.03. The fraction of sp³-hybridized carbons (Fsp3) is 0.647. The molecule has 3 nitrogen and oxygen atoms in total. The summed E-state index contributed by atoms with van der Waals surface area (Å²) in [4.78, 5) is 2.52. The third kappa shape index (κ3) is 3.97. The molecule has 1 aliphatic heterocycles. The maximum Gasteiger partial charge on any atom is 0.120 e. The second-order valence-electron chi connectivity index (χ2n) is 5.81. The third-order valence-corrected chi connectivity index (χ3v) is 4.53. The molecule has 20 heavy (non-hydrogen) atoms. The highest BCUT2D eigenvalue weighted by atomic mass is 16.3. The molecule has 0 amide bonds. The monoisotopic (exact) mass is 276 g/mol. The van der Waals surface area contributed by atoms with Gasteiger partial charge in [0.15, 0.2) is 0 Å². The van der Waals surface area contributed by atoms with E-state index in [1.54, 1.807) is 6.07 Å². The van der Waals surface area contributed by atoms with Crippen molar-refractivity contribution in [1.29, 1.82) is 0 Å².